The average Bonchev–Trinajstić information content (AvgIpc) is 2.04. The Balaban J connectivity index is 4.05. The first kappa shape index (κ1) is 13.6. The van der Waals surface area contributed by atoms with Gasteiger partial charge in [0.2, 0.25) is 0 Å². The quantitative estimate of drug-likeness (QED) is 0.628. The zero-order valence-electron chi connectivity index (χ0n) is 10.4. The molecular formula is C12H25NO. The van der Waals surface area contributed by atoms with E-state index in [1.165, 1.54) is 0 Å². The van der Waals surface area contributed by atoms with E-state index >= 15 is 0 Å². The Morgan fingerprint density at radius 1 is 1.21 bits per heavy atom. The second kappa shape index (κ2) is 6.18. The summed E-state index contributed by atoms with van der Waals surface area (Å²) in [5.74, 6) is 0.371. The minimum atomic E-state index is -0.142. The first-order chi connectivity index (χ1) is 6.44. The van der Waals surface area contributed by atoms with Crippen LogP contribution in [0.1, 0.15) is 47.0 Å². The lowest BCUT2D eigenvalue weighted by Crippen LogP contribution is -2.35. The first-order valence-corrected chi connectivity index (χ1v) is 5.66. The largest absolute Gasteiger partial charge is 0.299 e. The van der Waals surface area contributed by atoms with Gasteiger partial charge in [-0.3, -0.25) is 9.69 Å². The molecule has 0 aliphatic heterocycles. The second-order valence-electron chi connectivity index (χ2n) is 4.79. The van der Waals surface area contributed by atoms with Gasteiger partial charge in [-0.15, -0.1) is 0 Å². The molecule has 14 heavy (non-hydrogen) atoms. The van der Waals surface area contributed by atoms with Gasteiger partial charge in [0.1, 0.15) is 0 Å². The predicted molar refractivity (Wildman–Crippen MR) is 61.5 cm³/mol. The van der Waals surface area contributed by atoms with Gasteiger partial charge in [0.05, 0.1) is 6.54 Å². The van der Waals surface area contributed by atoms with Gasteiger partial charge in [-0.2, -0.15) is 0 Å². The van der Waals surface area contributed by atoms with Crippen LogP contribution in [0, 0.1) is 5.41 Å². The van der Waals surface area contributed by atoms with Crippen LogP contribution in [0.25, 0.3) is 0 Å². The van der Waals surface area contributed by atoms with Gasteiger partial charge in [0.15, 0.2) is 5.78 Å². The van der Waals surface area contributed by atoms with Gasteiger partial charge in [-0.25, -0.2) is 0 Å². The fourth-order valence-corrected chi connectivity index (χ4v) is 1.68. The van der Waals surface area contributed by atoms with Crippen LogP contribution < -0.4 is 0 Å². The lowest BCUT2D eigenvalue weighted by Gasteiger charge is -2.25. The van der Waals surface area contributed by atoms with E-state index in [0.717, 1.165) is 25.8 Å². The molecule has 0 fully saturated rings. The van der Waals surface area contributed by atoms with Crippen molar-refractivity contribution in [2.24, 2.45) is 5.41 Å². The van der Waals surface area contributed by atoms with Gasteiger partial charge in [0.25, 0.3) is 0 Å². The molecule has 0 saturated carbocycles. The maximum Gasteiger partial charge on any atom is 0.152 e. The Morgan fingerprint density at radius 2 is 1.79 bits per heavy atom. The van der Waals surface area contributed by atoms with Crippen molar-refractivity contribution in [3.05, 3.63) is 0 Å². The van der Waals surface area contributed by atoms with Gasteiger partial charge < -0.3 is 0 Å². The maximum atomic E-state index is 11.9. The Bertz CT molecular complexity index is 175. The molecule has 0 aliphatic rings. The van der Waals surface area contributed by atoms with Crippen molar-refractivity contribution in [3.8, 4) is 0 Å². The third-order valence-corrected chi connectivity index (χ3v) is 2.65. The number of Topliss-reactive ketones (excluding diaryl/α,β-unsaturated/α-hetero) is 1. The van der Waals surface area contributed by atoms with Gasteiger partial charge >= 0.3 is 0 Å². The zero-order valence-corrected chi connectivity index (χ0v) is 10.4. The summed E-state index contributed by atoms with van der Waals surface area (Å²) in [6.45, 7) is 9.98. The van der Waals surface area contributed by atoms with E-state index in [2.05, 4.69) is 32.6 Å². The number of hydrogen-bond donors (Lipinski definition) is 0. The molecule has 0 bridgehead atoms. The number of rotatable bonds is 7. The van der Waals surface area contributed by atoms with Crippen molar-refractivity contribution in [2.75, 3.05) is 20.1 Å². The Hall–Kier alpha value is -0.370. The third kappa shape index (κ3) is 4.75. The van der Waals surface area contributed by atoms with E-state index < -0.39 is 0 Å². The van der Waals surface area contributed by atoms with Crippen LogP contribution >= 0.6 is 0 Å². The number of nitrogens with zero attached hydrogens (tertiary/aromatic N) is 1. The highest BCUT2D eigenvalue weighted by Gasteiger charge is 2.26. The van der Waals surface area contributed by atoms with Crippen LogP contribution in [-0.2, 0) is 4.79 Å². The molecule has 2 heteroatoms. The molecule has 0 atom stereocenters. The number of carbonyl (C=O) groups excluding carboxylic acids is 1. The number of ketones is 1. The molecule has 2 nitrogen and oxygen atoms in total. The minimum Gasteiger partial charge on any atom is -0.299 e. The van der Waals surface area contributed by atoms with E-state index in [9.17, 15) is 4.79 Å². The summed E-state index contributed by atoms with van der Waals surface area (Å²) >= 11 is 0. The molecule has 0 heterocycles. The second-order valence-corrected chi connectivity index (χ2v) is 4.79. The summed E-state index contributed by atoms with van der Waals surface area (Å²) in [6.07, 6.45) is 3.18. The summed E-state index contributed by atoms with van der Waals surface area (Å²) in [5, 5.41) is 0. The molecule has 0 spiro atoms. The summed E-state index contributed by atoms with van der Waals surface area (Å²) in [5.41, 5.74) is -0.142. The molecule has 0 amide bonds. The summed E-state index contributed by atoms with van der Waals surface area (Å²) in [4.78, 5) is 14.0. The molecule has 0 aromatic heterocycles. The topological polar surface area (TPSA) is 20.3 Å². The minimum absolute atomic E-state index is 0.142. The fourth-order valence-electron chi connectivity index (χ4n) is 1.68. The van der Waals surface area contributed by atoms with Gasteiger partial charge in [-0.05, 0) is 26.4 Å². The Kier molecular flexibility index (Phi) is 6.01. The van der Waals surface area contributed by atoms with Crippen LogP contribution in [0.3, 0.4) is 0 Å². The van der Waals surface area contributed by atoms with Crippen LogP contribution in [0.4, 0.5) is 0 Å². The summed E-state index contributed by atoms with van der Waals surface area (Å²) in [7, 11) is 2.02. The van der Waals surface area contributed by atoms with Crippen molar-refractivity contribution in [1.82, 2.24) is 4.90 Å². The van der Waals surface area contributed by atoms with E-state index in [0.29, 0.717) is 12.3 Å². The molecule has 0 N–H and O–H groups in total. The molecule has 0 aromatic carbocycles. The number of likely N-dealkylation sites (N-methyl/N-ethyl adjacent to an activating group) is 1. The van der Waals surface area contributed by atoms with Crippen molar-refractivity contribution in [1.29, 1.82) is 0 Å². The van der Waals surface area contributed by atoms with Crippen LogP contribution in [0.2, 0.25) is 0 Å². The molecule has 84 valence electrons. The van der Waals surface area contributed by atoms with E-state index in [4.69, 9.17) is 0 Å². The van der Waals surface area contributed by atoms with Crippen molar-refractivity contribution in [2.45, 2.75) is 47.0 Å². The van der Waals surface area contributed by atoms with Crippen molar-refractivity contribution in [3.63, 3.8) is 0 Å². The normalized spacial score (nSPS) is 12.1. The fraction of sp³-hybridized carbons (Fsp3) is 0.917. The SMILES string of the molecule is CCCN(C)CC(=O)C(C)(C)CCC. The molecule has 0 unspecified atom stereocenters. The molecule has 0 aliphatic carbocycles. The smallest absolute Gasteiger partial charge is 0.152 e. The highest BCUT2D eigenvalue weighted by Crippen LogP contribution is 2.23. The average molecular weight is 199 g/mol. The third-order valence-electron chi connectivity index (χ3n) is 2.65. The highest BCUT2D eigenvalue weighted by atomic mass is 16.1. The Labute approximate surface area is 88.7 Å². The lowest BCUT2D eigenvalue weighted by atomic mass is 9.83. The first-order valence-electron chi connectivity index (χ1n) is 5.66. The summed E-state index contributed by atoms with van der Waals surface area (Å²) < 4.78 is 0. The van der Waals surface area contributed by atoms with E-state index in [-0.39, 0.29) is 5.41 Å². The molecule has 0 rings (SSSR count). The molecule has 0 aromatic rings. The Morgan fingerprint density at radius 3 is 2.21 bits per heavy atom. The van der Waals surface area contributed by atoms with Gasteiger partial charge in [-0.1, -0.05) is 34.1 Å². The zero-order chi connectivity index (χ0) is 11.2. The van der Waals surface area contributed by atoms with Crippen molar-refractivity contribution >= 4 is 5.78 Å². The summed E-state index contributed by atoms with van der Waals surface area (Å²) in [6, 6.07) is 0. The van der Waals surface area contributed by atoms with E-state index in [1.807, 2.05) is 7.05 Å². The number of hydrogen-bond acceptors (Lipinski definition) is 2. The monoisotopic (exact) mass is 199 g/mol. The lowest BCUT2D eigenvalue weighted by molar-refractivity contribution is -0.128. The van der Waals surface area contributed by atoms with E-state index in [1.54, 1.807) is 0 Å². The van der Waals surface area contributed by atoms with Crippen LogP contribution in [0.15, 0.2) is 0 Å². The predicted octanol–water partition coefficient (Wildman–Crippen LogP) is 2.72. The van der Waals surface area contributed by atoms with Crippen LogP contribution in [-0.4, -0.2) is 30.8 Å². The number of carbonyl (C=O) groups is 1. The van der Waals surface area contributed by atoms with Crippen LogP contribution in [0.5, 0.6) is 0 Å². The highest BCUT2D eigenvalue weighted by molar-refractivity contribution is 5.85. The van der Waals surface area contributed by atoms with Crippen molar-refractivity contribution < 1.29 is 4.79 Å². The van der Waals surface area contributed by atoms with Gasteiger partial charge in [0, 0.05) is 5.41 Å². The maximum absolute atomic E-state index is 11.9. The molecule has 0 radical (unpaired) electrons. The molecular weight excluding hydrogens is 174 g/mol. The molecule has 0 saturated heterocycles. The standard InChI is InChI=1S/C12H25NO/c1-6-8-12(3,4)11(14)10-13(5)9-7-2/h6-10H2,1-5H3.